The Bertz CT molecular complexity index is 2180. The molecule has 3 saturated heterocycles. The first kappa shape index (κ1) is 65.1. The number of unbranched alkanes of at least 4 members (excludes halogenated alkanes) is 4. The summed E-state index contributed by atoms with van der Waals surface area (Å²) in [7, 11) is -14.1. The number of carbonyl (C=O) groups is 3. The molecular weight excluding hydrogens is 1020 g/mol. The Morgan fingerprint density at radius 3 is 1.88 bits per heavy atom. The fraction of sp³-hybridized carbons (Fsp3) is 0.833. The van der Waals surface area contributed by atoms with Gasteiger partial charge >= 0.3 is 34.0 Å². The van der Waals surface area contributed by atoms with E-state index in [0.717, 1.165) is 30.7 Å². The SMILES string of the molecule is CC(=O)N[C@@H]1C[C@@H]2O[Si](C(C)(C)C)(C(C)(C)C)OC[C@H]2O[C@@H]1OP(=O)([O-])OP(=O)(OCCC#N)OC[C@H]1O[C@@H](n2ccc(=O)[nH]c2=O)[C@H](OC(C)=O)[C@@H]1OC(C)=O.CCCC[N+](CCCC)(CCCC)CCCC. The predicted molar refractivity (Wildman–Crippen MR) is 272 cm³/mol. The number of quaternary nitrogens is 1. The molecule has 23 nitrogen and oxygen atoms in total. The van der Waals surface area contributed by atoms with Crippen LogP contribution < -0.4 is 21.5 Å². The van der Waals surface area contributed by atoms with Crippen molar-refractivity contribution in [1.29, 1.82) is 5.26 Å². The zero-order chi connectivity index (χ0) is 55.7. The van der Waals surface area contributed by atoms with Crippen molar-refractivity contribution in [2.45, 2.75) is 213 Å². The van der Waals surface area contributed by atoms with Crippen molar-refractivity contribution >= 4 is 42.1 Å². The van der Waals surface area contributed by atoms with Gasteiger partial charge in [-0.2, -0.15) is 5.26 Å². The number of amides is 1. The molecular formula is C48H85N5O18P2Si. The molecule has 3 aliphatic heterocycles. The zero-order valence-electron chi connectivity index (χ0n) is 45.9. The molecule has 4 heterocycles. The molecule has 1 aromatic rings. The smallest absolute Gasteiger partial charge is 0.481 e. The number of rotatable bonds is 26. The molecule has 1 amide bonds. The number of phosphoric acid groups is 2. The molecule has 3 fully saturated rings. The topological polar surface area (TPSA) is 291 Å². The highest BCUT2D eigenvalue weighted by Gasteiger charge is 2.63. The summed E-state index contributed by atoms with van der Waals surface area (Å²) >= 11 is 0. The largest absolute Gasteiger partial charge is 0.756 e. The first-order valence-electron chi connectivity index (χ1n) is 25.9. The normalized spacial score (nSPS) is 25.5. The van der Waals surface area contributed by atoms with Gasteiger partial charge in [0, 0.05) is 49.5 Å². The molecule has 74 heavy (non-hydrogen) atoms. The van der Waals surface area contributed by atoms with Crippen molar-refractivity contribution in [1.82, 2.24) is 14.9 Å². The summed E-state index contributed by atoms with van der Waals surface area (Å²) < 4.78 is 85.9. The van der Waals surface area contributed by atoms with Crippen molar-refractivity contribution in [3.63, 3.8) is 0 Å². The van der Waals surface area contributed by atoms with E-state index < -0.39 is 132 Å². The van der Waals surface area contributed by atoms with E-state index in [1.54, 1.807) is 6.07 Å². The van der Waals surface area contributed by atoms with Crippen LogP contribution in [0, 0.1) is 11.3 Å². The Morgan fingerprint density at radius 2 is 1.41 bits per heavy atom. The fourth-order valence-corrected chi connectivity index (χ4v) is 17.3. The van der Waals surface area contributed by atoms with Gasteiger partial charge in [0.15, 0.2) is 24.7 Å². The van der Waals surface area contributed by atoms with Gasteiger partial charge in [0.25, 0.3) is 13.4 Å². The van der Waals surface area contributed by atoms with Gasteiger partial charge in [-0.15, -0.1) is 0 Å². The third-order valence-corrected chi connectivity index (χ3v) is 21.1. The summed E-state index contributed by atoms with van der Waals surface area (Å²) in [6.45, 7) is 28.7. The number of esters is 2. The number of fused-ring (bicyclic) bond motifs is 1. The van der Waals surface area contributed by atoms with Crippen LogP contribution in [-0.2, 0) is 69.2 Å². The average Bonchev–Trinajstić information content (AvgIpc) is 3.61. The maximum absolute atomic E-state index is 14.0. The van der Waals surface area contributed by atoms with E-state index in [0.29, 0.717) is 0 Å². The number of H-pyrrole nitrogens is 1. The Balaban J connectivity index is 0.000000724. The Labute approximate surface area is 438 Å². The van der Waals surface area contributed by atoms with Crippen LogP contribution in [0.3, 0.4) is 0 Å². The van der Waals surface area contributed by atoms with Gasteiger partial charge in [0.05, 0.1) is 70.6 Å². The molecule has 424 valence electrons. The maximum Gasteiger partial charge on any atom is 0.481 e. The summed E-state index contributed by atoms with van der Waals surface area (Å²) in [6.07, 6.45) is 2.22. The van der Waals surface area contributed by atoms with Crippen molar-refractivity contribution in [3.05, 3.63) is 33.1 Å². The van der Waals surface area contributed by atoms with Gasteiger partial charge in [0.1, 0.15) is 12.2 Å². The third-order valence-electron chi connectivity index (χ3n) is 12.9. The van der Waals surface area contributed by atoms with Crippen molar-refractivity contribution in [2.24, 2.45) is 0 Å². The molecule has 2 unspecified atom stereocenters. The van der Waals surface area contributed by atoms with E-state index in [1.807, 2.05) is 46.5 Å². The van der Waals surface area contributed by atoms with Crippen LogP contribution in [0.25, 0.3) is 0 Å². The molecule has 10 atom stereocenters. The summed E-state index contributed by atoms with van der Waals surface area (Å²) in [5, 5.41) is 10.9. The lowest BCUT2D eigenvalue weighted by atomic mass is 10.0. The van der Waals surface area contributed by atoms with Crippen LogP contribution in [0.4, 0.5) is 0 Å². The number of nitrogens with one attached hydrogen (secondary N) is 2. The number of aromatic nitrogens is 2. The summed E-state index contributed by atoms with van der Waals surface area (Å²) in [5.41, 5.74) is -1.77. The summed E-state index contributed by atoms with van der Waals surface area (Å²) in [5.74, 6) is -2.36. The monoisotopic (exact) mass is 1110 g/mol. The number of nitrogens with zero attached hydrogens (tertiary/aromatic N) is 3. The van der Waals surface area contributed by atoms with Crippen LogP contribution in [0.2, 0.25) is 10.1 Å². The molecule has 0 spiro atoms. The van der Waals surface area contributed by atoms with Crippen LogP contribution in [-0.4, -0.2) is 129 Å². The van der Waals surface area contributed by atoms with Gasteiger partial charge in [-0.1, -0.05) is 94.9 Å². The number of hydrogen-bond acceptors (Lipinski definition) is 19. The van der Waals surface area contributed by atoms with E-state index in [1.165, 1.54) is 89.0 Å². The second-order valence-electron chi connectivity index (χ2n) is 21.2. The molecule has 0 saturated carbocycles. The highest BCUT2D eigenvalue weighted by atomic mass is 31.3. The van der Waals surface area contributed by atoms with Gasteiger partial charge < -0.3 is 42.5 Å². The zero-order valence-corrected chi connectivity index (χ0v) is 48.7. The van der Waals surface area contributed by atoms with Gasteiger partial charge in [-0.05, 0) is 25.7 Å². The van der Waals surface area contributed by atoms with Gasteiger partial charge in [0.2, 0.25) is 5.91 Å². The average molecular weight is 1110 g/mol. The second kappa shape index (κ2) is 29.0. The minimum absolute atomic E-state index is 0.00633. The van der Waals surface area contributed by atoms with Crippen molar-refractivity contribution < 1.29 is 78.6 Å². The quantitative estimate of drug-likeness (QED) is 0.0312. The van der Waals surface area contributed by atoms with Crippen LogP contribution in [0.15, 0.2) is 21.9 Å². The molecule has 26 heteroatoms. The minimum Gasteiger partial charge on any atom is -0.756 e. The molecule has 4 rings (SSSR count). The standard InChI is InChI=1S/C32H50N4O18P2Si.C16H36N/c1-18(37)34-21-15-22-23(17-47-57(53-22,31(4,5)6)32(7,8)9)51-29(21)52-55(42,43)54-56(44,45-14-10-12-33)46-16-24-26(48-19(2)38)27(49-20(3)39)28(50-24)36-13-11-25(40)35-30(36)41;1-5-9-13-17(14-10-6-2,15-11-7-3)16-12-8-4/h11,13,21-24,26-29H,10,14-17H2,1-9H3,(H,34,37)(H,42,43)(H,35,40,41);5-16H2,1-4H3/q;+1/p-1/t21-,22+,23-,24-,26-,27-,28-,29-,56?;/m1./s1. The lowest BCUT2D eigenvalue weighted by Crippen LogP contribution is -2.68. The fourth-order valence-electron chi connectivity index (χ4n) is 9.69. The van der Waals surface area contributed by atoms with Crippen molar-refractivity contribution in [2.75, 3.05) is 46.0 Å². The molecule has 2 N–H and O–H groups in total. The molecule has 0 aromatic carbocycles. The van der Waals surface area contributed by atoms with E-state index >= 15 is 0 Å². The summed E-state index contributed by atoms with van der Waals surface area (Å²) in [4.78, 5) is 76.3. The van der Waals surface area contributed by atoms with Crippen LogP contribution >= 0.6 is 15.6 Å². The molecule has 0 radical (unpaired) electrons. The number of phosphoric ester groups is 2. The molecule has 1 aromatic heterocycles. The first-order valence-corrected chi connectivity index (χ1v) is 30.7. The lowest BCUT2D eigenvalue weighted by molar-refractivity contribution is -0.929. The third kappa shape index (κ3) is 18.8. The number of aromatic amines is 1. The number of ether oxygens (including phenoxy) is 4. The molecule has 0 aliphatic carbocycles. The number of nitriles is 1. The molecule has 3 aliphatic rings. The predicted octanol–water partition coefficient (Wildman–Crippen LogP) is 6.94. The minimum atomic E-state index is -5.81. The van der Waals surface area contributed by atoms with E-state index in [2.05, 4.69) is 33.0 Å². The number of hydrogen-bond donors (Lipinski definition) is 2. The Morgan fingerprint density at radius 1 is 0.865 bits per heavy atom. The Kier molecular flexibility index (Phi) is 25.5. The maximum atomic E-state index is 14.0. The molecule has 0 bridgehead atoms. The Hall–Kier alpha value is -3.14. The highest BCUT2D eigenvalue weighted by molar-refractivity contribution is 7.61. The second-order valence-corrected chi connectivity index (χ2v) is 29.1. The van der Waals surface area contributed by atoms with Gasteiger partial charge in [-0.25, -0.2) is 13.7 Å². The lowest BCUT2D eigenvalue weighted by Gasteiger charge is -2.56. The first-order chi connectivity index (χ1) is 34.5. The van der Waals surface area contributed by atoms with E-state index in [-0.39, 0.29) is 13.0 Å². The summed E-state index contributed by atoms with van der Waals surface area (Å²) in [6, 6.07) is 1.56. The number of carbonyl (C=O) groups excluding carboxylic acids is 3. The van der Waals surface area contributed by atoms with E-state index in [9.17, 15) is 38.0 Å². The van der Waals surface area contributed by atoms with Crippen LogP contribution in [0.1, 0.15) is 160 Å². The van der Waals surface area contributed by atoms with Crippen molar-refractivity contribution in [3.8, 4) is 6.07 Å². The van der Waals surface area contributed by atoms with Crippen LogP contribution in [0.5, 0.6) is 0 Å². The van der Waals surface area contributed by atoms with Gasteiger partial charge in [-0.3, -0.25) is 46.9 Å². The van der Waals surface area contributed by atoms with E-state index in [4.69, 9.17) is 50.9 Å². The highest BCUT2D eigenvalue weighted by Crippen LogP contribution is 2.63.